The molecule has 21 heavy (non-hydrogen) atoms. The maximum absolute atomic E-state index is 12.8. The minimum atomic E-state index is -3.54. The van der Waals surface area contributed by atoms with Crippen LogP contribution in [0.4, 0.5) is 4.39 Å². The Bertz CT molecular complexity index is 837. The number of nitrogens with zero attached hydrogens (tertiary/aromatic N) is 1. The number of benzene rings is 1. The van der Waals surface area contributed by atoms with Crippen LogP contribution in [0.25, 0.3) is 10.8 Å². The zero-order valence-electron chi connectivity index (χ0n) is 10.7. The Morgan fingerprint density at radius 1 is 1.19 bits per heavy atom. The fourth-order valence-electron chi connectivity index (χ4n) is 1.81. The summed E-state index contributed by atoms with van der Waals surface area (Å²) in [5, 5.41) is 2.31. The monoisotopic (exact) mass is 323 g/mol. The van der Waals surface area contributed by atoms with Gasteiger partial charge in [-0.2, -0.15) is 0 Å². The van der Waals surface area contributed by atoms with E-state index in [1.54, 1.807) is 17.5 Å². The Morgan fingerprint density at radius 3 is 2.62 bits per heavy atom. The highest BCUT2D eigenvalue weighted by molar-refractivity contribution is 7.90. The SMILES string of the molecule is O=S(=O)(Cc1csc(-c2ccco2)n1)c1ccc(F)cc1. The lowest BCUT2D eigenvalue weighted by Crippen LogP contribution is -2.05. The normalized spacial score (nSPS) is 11.7. The molecule has 0 aliphatic heterocycles. The minimum absolute atomic E-state index is 0.0800. The number of aromatic nitrogens is 1. The first-order valence-electron chi connectivity index (χ1n) is 6.01. The first-order chi connectivity index (χ1) is 10.0. The molecular weight excluding hydrogens is 313 g/mol. The molecule has 0 amide bonds. The van der Waals surface area contributed by atoms with E-state index in [1.165, 1.54) is 29.7 Å². The van der Waals surface area contributed by atoms with Gasteiger partial charge in [0.2, 0.25) is 0 Å². The van der Waals surface area contributed by atoms with Crippen molar-refractivity contribution >= 4 is 21.2 Å². The summed E-state index contributed by atoms with van der Waals surface area (Å²) in [5.41, 5.74) is 0.440. The lowest BCUT2D eigenvalue weighted by Gasteiger charge is -2.02. The molecule has 0 radical (unpaired) electrons. The topological polar surface area (TPSA) is 60.2 Å². The summed E-state index contributed by atoms with van der Waals surface area (Å²) in [7, 11) is -3.54. The Kier molecular flexibility index (Phi) is 3.60. The largest absolute Gasteiger partial charge is 0.462 e. The van der Waals surface area contributed by atoms with Gasteiger partial charge in [-0.3, -0.25) is 0 Å². The Hall–Kier alpha value is -1.99. The molecule has 0 aliphatic rings. The first kappa shape index (κ1) is 14.0. The van der Waals surface area contributed by atoms with Crippen molar-refractivity contribution in [3.63, 3.8) is 0 Å². The molecule has 0 aliphatic carbocycles. The van der Waals surface area contributed by atoms with E-state index in [4.69, 9.17) is 4.42 Å². The molecule has 0 saturated carbocycles. The van der Waals surface area contributed by atoms with Gasteiger partial charge in [0.05, 0.1) is 22.6 Å². The Morgan fingerprint density at radius 2 is 1.95 bits per heavy atom. The maximum Gasteiger partial charge on any atom is 0.184 e. The second-order valence-electron chi connectivity index (χ2n) is 4.33. The number of sulfone groups is 1. The highest BCUT2D eigenvalue weighted by Crippen LogP contribution is 2.26. The fraction of sp³-hybridized carbons (Fsp3) is 0.0714. The van der Waals surface area contributed by atoms with Crippen LogP contribution < -0.4 is 0 Å². The van der Waals surface area contributed by atoms with Gasteiger partial charge in [-0.25, -0.2) is 17.8 Å². The molecule has 4 nitrogen and oxygen atoms in total. The van der Waals surface area contributed by atoms with Crippen LogP contribution in [-0.2, 0) is 15.6 Å². The molecule has 108 valence electrons. The number of thiazole rings is 1. The molecule has 2 aromatic heterocycles. The lowest BCUT2D eigenvalue weighted by molar-refractivity contribution is 0.581. The molecular formula is C14H10FNO3S2. The van der Waals surface area contributed by atoms with E-state index >= 15 is 0 Å². The van der Waals surface area contributed by atoms with E-state index in [9.17, 15) is 12.8 Å². The van der Waals surface area contributed by atoms with Crippen molar-refractivity contribution in [1.29, 1.82) is 0 Å². The summed E-state index contributed by atoms with van der Waals surface area (Å²) in [5.74, 6) is -0.0938. The van der Waals surface area contributed by atoms with E-state index in [-0.39, 0.29) is 10.6 Å². The van der Waals surface area contributed by atoms with E-state index in [1.807, 2.05) is 0 Å². The van der Waals surface area contributed by atoms with Crippen LogP contribution in [0.3, 0.4) is 0 Å². The average molecular weight is 323 g/mol. The fourth-order valence-corrected chi connectivity index (χ4v) is 3.95. The molecule has 1 aromatic carbocycles. The molecule has 3 rings (SSSR count). The molecule has 2 heterocycles. The van der Waals surface area contributed by atoms with Crippen molar-refractivity contribution in [2.45, 2.75) is 10.6 Å². The number of rotatable bonds is 4. The van der Waals surface area contributed by atoms with E-state index in [0.29, 0.717) is 16.5 Å². The van der Waals surface area contributed by atoms with Gasteiger partial charge < -0.3 is 4.42 Å². The zero-order valence-corrected chi connectivity index (χ0v) is 12.3. The smallest absolute Gasteiger partial charge is 0.184 e. The first-order valence-corrected chi connectivity index (χ1v) is 8.54. The van der Waals surface area contributed by atoms with Gasteiger partial charge in [-0.15, -0.1) is 11.3 Å². The number of furan rings is 1. The predicted molar refractivity (Wildman–Crippen MR) is 77.1 cm³/mol. The van der Waals surface area contributed by atoms with Crippen LogP contribution in [0, 0.1) is 5.82 Å². The third-order valence-electron chi connectivity index (χ3n) is 2.79. The van der Waals surface area contributed by atoms with Gasteiger partial charge in [0.25, 0.3) is 0 Å². The molecule has 7 heteroatoms. The third-order valence-corrected chi connectivity index (χ3v) is 5.37. The lowest BCUT2D eigenvalue weighted by atomic mass is 10.4. The van der Waals surface area contributed by atoms with E-state index in [2.05, 4.69) is 4.98 Å². The van der Waals surface area contributed by atoms with Gasteiger partial charge in [-0.1, -0.05) is 0 Å². The van der Waals surface area contributed by atoms with Crippen molar-refractivity contribution in [2.24, 2.45) is 0 Å². The second-order valence-corrected chi connectivity index (χ2v) is 7.18. The van der Waals surface area contributed by atoms with Crippen LogP contribution in [0.5, 0.6) is 0 Å². The summed E-state index contributed by atoms with van der Waals surface area (Å²) in [6, 6.07) is 8.27. The van der Waals surface area contributed by atoms with Crippen LogP contribution in [-0.4, -0.2) is 13.4 Å². The van der Waals surface area contributed by atoms with Gasteiger partial charge in [0.1, 0.15) is 5.82 Å². The van der Waals surface area contributed by atoms with E-state index in [0.717, 1.165) is 12.1 Å². The quantitative estimate of drug-likeness (QED) is 0.689. The average Bonchev–Trinajstić information content (AvgIpc) is 3.09. The molecule has 3 aromatic rings. The molecule has 0 bridgehead atoms. The summed E-state index contributed by atoms with van der Waals surface area (Å²) in [4.78, 5) is 4.33. The van der Waals surface area contributed by atoms with E-state index < -0.39 is 15.7 Å². The van der Waals surface area contributed by atoms with Crippen LogP contribution in [0.15, 0.2) is 57.4 Å². The number of hydrogen-bond donors (Lipinski definition) is 0. The zero-order chi connectivity index (χ0) is 14.9. The Balaban J connectivity index is 1.84. The summed E-state index contributed by atoms with van der Waals surface area (Å²) in [6.07, 6.45) is 1.53. The minimum Gasteiger partial charge on any atom is -0.462 e. The van der Waals surface area contributed by atoms with Crippen LogP contribution in [0.1, 0.15) is 5.69 Å². The molecule has 0 saturated heterocycles. The van der Waals surface area contributed by atoms with Crippen molar-refractivity contribution in [1.82, 2.24) is 4.98 Å². The van der Waals surface area contributed by atoms with Crippen molar-refractivity contribution in [3.8, 4) is 10.8 Å². The summed E-state index contributed by atoms with van der Waals surface area (Å²) < 4.78 is 42.5. The van der Waals surface area contributed by atoms with Crippen LogP contribution in [0.2, 0.25) is 0 Å². The molecule has 0 unspecified atom stereocenters. The maximum atomic E-state index is 12.8. The standard InChI is InChI=1S/C14H10FNO3S2/c15-10-3-5-12(6-4-10)21(17,18)9-11-8-20-14(16-11)13-2-1-7-19-13/h1-8H,9H2. The van der Waals surface area contributed by atoms with Crippen molar-refractivity contribution < 1.29 is 17.2 Å². The molecule has 0 fully saturated rings. The van der Waals surface area contributed by atoms with Gasteiger partial charge in [0, 0.05) is 5.38 Å². The molecule has 0 atom stereocenters. The van der Waals surface area contributed by atoms with Gasteiger partial charge >= 0.3 is 0 Å². The van der Waals surface area contributed by atoms with Crippen molar-refractivity contribution in [3.05, 3.63) is 59.6 Å². The van der Waals surface area contributed by atoms with Gasteiger partial charge in [-0.05, 0) is 36.4 Å². The Labute approximate surface area is 124 Å². The summed E-state index contributed by atoms with van der Waals surface area (Å²) in [6.45, 7) is 0. The van der Waals surface area contributed by atoms with Gasteiger partial charge in [0.15, 0.2) is 20.6 Å². The highest BCUT2D eigenvalue weighted by atomic mass is 32.2. The molecule has 0 N–H and O–H groups in total. The number of halogens is 1. The highest BCUT2D eigenvalue weighted by Gasteiger charge is 2.18. The second kappa shape index (κ2) is 5.42. The summed E-state index contributed by atoms with van der Waals surface area (Å²) >= 11 is 1.32. The predicted octanol–water partition coefficient (Wildman–Crippen LogP) is 3.52. The molecule has 0 spiro atoms. The van der Waals surface area contributed by atoms with Crippen molar-refractivity contribution in [2.75, 3.05) is 0 Å². The third kappa shape index (κ3) is 3.03. The van der Waals surface area contributed by atoms with Crippen LogP contribution >= 0.6 is 11.3 Å². The number of hydrogen-bond acceptors (Lipinski definition) is 5.